The van der Waals surface area contributed by atoms with Crippen molar-refractivity contribution in [3.8, 4) is 0 Å². The largest absolute Gasteiger partial charge is 0.467 e. The van der Waals surface area contributed by atoms with Crippen LogP contribution in [-0.4, -0.2) is 41.0 Å². The molecule has 0 unspecified atom stereocenters. The summed E-state index contributed by atoms with van der Waals surface area (Å²) >= 11 is 0. The molecule has 3 aliphatic rings. The predicted octanol–water partition coefficient (Wildman–Crippen LogP) is 0.837. The Kier molecular flexibility index (Phi) is 3.12. The minimum atomic E-state index is -0.245. The van der Waals surface area contributed by atoms with Crippen LogP contribution in [-0.2, 0) is 14.4 Å². The fourth-order valence-electron chi connectivity index (χ4n) is 2.03. The number of hydroxylamine groups is 2. The zero-order valence-electron chi connectivity index (χ0n) is 9.59. The summed E-state index contributed by atoms with van der Waals surface area (Å²) in [7, 11) is 1.56. The molecule has 17 heavy (non-hydrogen) atoms. The molecule has 0 N–H and O–H groups in total. The first kappa shape index (κ1) is 11.6. The molecular formula is C11H14N2O4. The third-order valence-electron chi connectivity index (χ3n) is 2.97. The highest BCUT2D eigenvalue weighted by molar-refractivity contribution is 6.13. The van der Waals surface area contributed by atoms with E-state index in [1.807, 2.05) is 0 Å². The van der Waals surface area contributed by atoms with Gasteiger partial charge in [0.25, 0.3) is 11.8 Å². The number of nitrogens with zero attached hydrogens (tertiary/aromatic N) is 2. The standard InChI is InChI=1S/C9H11NO2.C2H3NO2/c11-8-5-6-9(12)10(8)7-3-1-2-4-7;1-3-2(4)5-3/h5-7H,1-4H2;1H3. The molecule has 0 atom stereocenters. The van der Waals surface area contributed by atoms with E-state index in [0.29, 0.717) is 0 Å². The van der Waals surface area contributed by atoms with Gasteiger partial charge in [0.1, 0.15) is 0 Å². The van der Waals surface area contributed by atoms with Crippen LogP contribution in [0.4, 0.5) is 4.79 Å². The number of hydrogen-bond donors (Lipinski definition) is 0. The van der Waals surface area contributed by atoms with Crippen molar-refractivity contribution >= 4 is 17.9 Å². The van der Waals surface area contributed by atoms with Crippen molar-refractivity contribution in [2.24, 2.45) is 0 Å². The number of amides is 3. The predicted molar refractivity (Wildman–Crippen MR) is 57.5 cm³/mol. The molecule has 6 nitrogen and oxygen atoms in total. The van der Waals surface area contributed by atoms with Gasteiger partial charge in [0.2, 0.25) is 0 Å². The first-order valence-corrected chi connectivity index (χ1v) is 5.60. The summed E-state index contributed by atoms with van der Waals surface area (Å²) in [6, 6.07) is 0.181. The summed E-state index contributed by atoms with van der Waals surface area (Å²) in [5.41, 5.74) is 0. The molecule has 3 amide bonds. The molecule has 0 aromatic heterocycles. The highest BCUT2D eigenvalue weighted by atomic mass is 16.9. The molecule has 0 radical (unpaired) electrons. The topological polar surface area (TPSA) is 70.0 Å². The molecule has 0 bridgehead atoms. The lowest BCUT2D eigenvalue weighted by Gasteiger charge is -2.20. The Bertz CT molecular complexity index is 367. The Morgan fingerprint density at radius 2 is 1.53 bits per heavy atom. The Morgan fingerprint density at radius 3 is 1.88 bits per heavy atom. The van der Waals surface area contributed by atoms with Crippen molar-refractivity contribution in [2.45, 2.75) is 31.7 Å². The molecule has 1 saturated carbocycles. The van der Waals surface area contributed by atoms with Gasteiger partial charge in [-0.2, -0.15) is 0 Å². The maximum Gasteiger partial charge on any atom is 0.467 e. The third-order valence-corrected chi connectivity index (χ3v) is 2.97. The average Bonchev–Trinajstić information content (AvgIpc) is 2.76. The van der Waals surface area contributed by atoms with Crippen LogP contribution in [0.5, 0.6) is 0 Å². The van der Waals surface area contributed by atoms with Crippen LogP contribution in [0.3, 0.4) is 0 Å². The quantitative estimate of drug-likeness (QED) is 0.501. The Labute approximate surface area is 98.8 Å². The Hall–Kier alpha value is -1.85. The molecule has 2 fully saturated rings. The van der Waals surface area contributed by atoms with Crippen LogP contribution in [0.15, 0.2) is 12.2 Å². The minimum absolute atomic E-state index is 0.132. The minimum Gasteiger partial charge on any atom is -0.314 e. The lowest BCUT2D eigenvalue weighted by molar-refractivity contribution is -0.139. The van der Waals surface area contributed by atoms with Crippen molar-refractivity contribution in [3.05, 3.63) is 12.2 Å². The maximum absolute atomic E-state index is 11.2. The normalized spacial score (nSPS) is 22.8. The van der Waals surface area contributed by atoms with Gasteiger partial charge >= 0.3 is 6.09 Å². The van der Waals surface area contributed by atoms with E-state index in [1.165, 1.54) is 17.1 Å². The van der Waals surface area contributed by atoms with Gasteiger partial charge in [0.15, 0.2) is 0 Å². The van der Waals surface area contributed by atoms with Gasteiger partial charge < -0.3 is 4.84 Å². The van der Waals surface area contributed by atoms with E-state index in [9.17, 15) is 14.4 Å². The second kappa shape index (κ2) is 4.57. The Balaban J connectivity index is 0.000000181. The van der Waals surface area contributed by atoms with Gasteiger partial charge in [-0.15, -0.1) is 5.06 Å². The van der Waals surface area contributed by atoms with Crippen LogP contribution < -0.4 is 0 Å². The van der Waals surface area contributed by atoms with Crippen molar-refractivity contribution in [1.82, 2.24) is 9.96 Å². The molecule has 1 aliphatic carbocycles. The second-order valence-electron chi connectivity index (χ2n) is 4.17. The van der Waals surface area contributed by atoms with Gasteiger partial charge in [-0.05, 0) is 12.8 Å². The number of imide groups is 1. The molecule has 3 rings (SSSR count). The van der Waals surface area contributed by atoms with Crippen molar-refractivity contribution in [1.29, 1.82) is 0 Å². The molecule has 6 heteroatoms. The van der Waals surface area contributed by atoms with Gasteiger partial charge in [0.05, 0.1) is 7.05 Å². The van der Waals surface area contributed by atoms with Crippen LogP contribution in [0.1, 0.15) is 25.7 Å². The summed E-state index contributed by atoms with van der Waals surface area (Å²) in [6.45, 7) is 0. The average molecular weight is 238 g/mol. The highest BCUT2D eigenvalue weighted by Crippen LogP contribution is 2.25. The zero-order chi connectivity index (χ0) is 12.4. The molecular weight excluding hydrogens is 224 g/mol. The second-order valence-corrected chi connectivity index (χ2v) is 4.17. The van der Waals surface area contributed by atoms with Gasteiger partial charge in [-0.3, -0.25) is 14.5 Å². The summed E-state index contributed by atoms with van der Waals surface area (Å²) in [6.07, 6.45) is 6.73. The number of carbonyl (C=O) groups is 3. The lowest BCUT2D eigenvalue weighted by Crippen LogP contribution is -2.38. The fourth-order valence-corrected chi connectivity index (χ4v) is 2.03. The third kappa shape index (κ3) is 2.64. The molecule has 2 aliphatic heterocycles. The zero-order valence-corrected chi connectivity index (χ0v) is 9.59. The fraction of sp³-hybridized carbons (Fsp3) is 0.545. The van der Waals surface area contributed by atoms with Crippen molar-refractivity contribution in [2.75, 3.05) is 7.05 Å². The first-order valence-electron chi connectivity index (χ1n) is 5.60. The van der Waals surface area contributed by atoms with Gasteiger partial charge in [-0.1, -0.05) is 12.8 Å². The molecule has 0 spiro atoms. The van der Waals surface area contributed by atoms with E-state index < -0.39 is 0 Å². The molecule has 92 valence electrons. The SMILES string of the molecule is CN1OC1=O.O=C1C=CC(=O)N1C1CCCC1. The van der Waals surface area contributed by atoms with Crippen LogP contribution >= 0.6 is 0 Å². The van der Waals surface area contributed by atoms with Crippen molar-refractivity contribution in [3.63, 3.8) is 0 Å². The molecule has 0 aromatic carbocycles. The van der Waals surface area contributed by atoms with Crippen molar-refractivity contribution < 1.29 is 19.2 Å². The van der Waals surface area contributed by atoms with Crippen LogP contribution in [0.2, 0.25) is 0 Å². The molecule has 2 heterocycles. The Morgan fingerprint density at radius 1 is 1.12 bits per heavy atom. The monoisotopic (exact) mass is 238 g/mol. The lowest BCUT2D eigenvalue weighted by atomic mass is 10.2. The first-order chi connectivity index (χ1) is 8.09. The summed E-state index contributed by atoms with van der Waals surface area (Å²) < 4.78 is 0. The number of rotatable bonds is 1. The number of hydrogen-bond acceptors (Lipinski definition) is 4. The summed E-state index contributed by atoms with van der Waals surface area (Å²) in [5, 5.41) is 1.15. The van der Waals surface area contributed by atoms with Gasteiger partial charge in [-0.25, -0.2) is 4.79 Å². The summed E-state index contributed by atoms with van der Waals surface area (Å²) in [5.74, 6) is -0.265. The van der Waals surface area contributed by atoms with Gasteiger partial charge in [0, 0.05) is 18.2 Å². The summed E-state index contributed by atoms with van der Waals surface area (Å²) in [4.78, 5) is 37.5. The van der Waals surface area contributed by atoms with Crippen LogP contribution in [0.25, 0.3) is 0 Å². The van der Waals surface area contributed by atoms with E-state index >= 15 is 0 Å². The number of carbonyl (C=O) groups excluding carboxylic acids is 3. The smallest absolute Gasteiger partial charge is 0.314 e. The van der Waals surface area contributed by atoms with Crippen LogP contribution in [0, 0.1) is 0 Å². The highest BCUT2D eigenvalue weighted by Gasteiger charge is 2.32. The molecule has 1 saturated heterocycles. The maximum atomic E-state index is 11.2. The van der Waals surface area contributed by atoms with E-state index in [-0.39, 0.29) is 23.9 Å². The van der Waals surface area contributed by atoms with E-state index in [4.69, 9.17) is 0 Å². The van der Waals surface area contributed by atoms with E-state index in [1.54, 1.807) is 7.05 Å². The van der Waals surface area contributed by atoms with E-state index in [2.05, 4.69) is 4.84 Å². The molecule has 0 aromatic rings. The van der Waals surface area contributed by atoms with E-state index in [0.717, 1.165) is 30.7 Å².